The highest BCUT2D eigenvalue weighted by atomic mass is 19.1. The van der Waals surface area contributed by atoms with Crippen LogP contribution in [0.15, 0.2) is 58.4 Å². The average Bonchev–Trinajstić information content (AvgIpc) is 2.76. The minimum absolute atomic E-state index is 0.125. The normalized spacial score (nSPS) is 10.6. The second-order valence-electron chi connectivity index (χ2n) is 6.35. The van der Waals surface area contributed by atoms with Crippen molar-refractivity contribution in [2.45, 2.75) is 13.8 Å². The lowest BCUT2D eigenvalue weighted by molar-refractivity contribution is 0.0947. The van der Waals surface area contributed by atoms with Crippen molar-refractivity contribution < 1.29 is 13.9 Å². The van der Waals surface area contributed by atoms with Crippen LogP contribution >= 0.6 is 0 Å². The molecule has 1 heterocycles. The summed E-state index contributed by atoms with van der Waals surface area (Å²) in [6, 6.07) is 13.8. The maximum atomic E-state index is 13.2. The number of aromatic nitrogens is 2. The molecule has 2 aromatic carbocycles. The fraction of sp³-hybridized carbons (Fsp3) is 0.136. The Morgan fingerprint density at radius 1 is 1.26 bits per heavy atom. The highest BCUT2D eigenvalue weighted by molar-refractivity contribution is 5.94. The standard InChI is InChI=1S/C22H18FN5O3/c1-3-31-18-10-4-15(5-11-18)13-25-26-21(29)20-14(2)19(12-24)22(30)28(27-20)17-8-6-16(23)7-9-17/h4-11,13H,3H2,1-2H3,(H,26,29)/b25-13+. The summed E-state index contributed by atoms with van der Waals surface area (Å²) < 4.78 is 19.5. The van der Waals surface area contributed by atoms with Gasteiger partial charge in [-0.1, -0.05) is 0 Å². The summed E-state index contributed by atoms with van der Waals surface area (Å²) in [6.07, 6.45) is 1.43. The molecule has 156 valence electrons. The molecular weight excluding hydrogens is 401 g/mol. The second-order valence-corrected chi connectivity index (χ2v) is 6.35. The van der Waals surface area contributed by atoms with Gasteiger partial charge in [0.05, 0.1) is 18.5 Å². The number of benzene rings is 2. The quantitative estimate of drug-likeness (QED) is 0.488. The third-order valence-electron chi connectivity index (χ3n) is 4.31. The molecule has 31 heavy (non-hydrogen) atoms. The number of nitriles is 1. The first-order valence-corrected chi connectivity index (χ1v) is 9.30. The summed E-state index contributed by atoms with van der Waals surface area (Å²) in [5.41, 5.74) is 2.31. The third kappa shape index (κ3) is 4.82. The second kappa shape index (κ2) is 9.45. The number of hydrogen-bond donors (Lipinski definition) is 1. The van der Waals surface area contributed by atoms with Crippen molar-refractivity contribution in [3.63, 3.8) is 0 Å². The van der Waals surface area contributed by atoms with Crippen LogP contribution < -0.4 is 15.7 Å². The number of hydrogen-bond acceptors (Lipinski definition) is 6. The van der Waals surface area contributed by atoms with E-state index < -0.39 is 17.3 Å². The maximum Gasteiger partial charge on any atom is 0.292 e. The molecule has 0 aliphatic heterocycles. The van der Waals surface area contributed by atoms with Crippen molar-refractivity contribution in [2.75, 3.05) is 6.61 Å². The summed E-state index contributed by atoms with van der Waals surface area (Å²) >= 11 is 0. The van der Waals surface area contributed by atoms with Crippen LogP contribution in [0.25, 0.3) is 5.69 Å². The van der Waals surface area contributed by atoms with E-state index in [4.69, 9.17) is 4.74 Å². The van der Waals surface area contributed by atoms with E-state index in [2.05, 4.69) is 15.6 Å². The van der Waals surface area contributed by atoms with Crippen LogP contribution in [0.3, 0.4) is 0 Å². The Bertz CT molecular complexity index is 1230. The van der Waals surface area contributed by atoms with E-state index >= 15 is 0 Å². The summed E-state index contributed by atoms with van der Waals surface area (Å²) in [7, 11) is 0. The molecule has 0 spiro atoms. The number of ether oxygens (including phenoxy) is 1. The van der Waals surface area contributed by atoms with E-state index in [1.54, 1.807) is 30.3 Å². The molecule has 9 heteroatoms. The highest BCUT2D eigenvalue weighted by Crippen LogP contribution is 2.12. The Kier molecular flexibility index (Phi) is 6.52. The van der Waals surface area contributed by atoms with Crippen molar-refractivity contribution in [3.8, 4) is 17.5 Å². The fourth-order valence-electron chi connectivity index (χ4n) is 2.74. The van der Waals surface area contributed by atoms with Crippen LogP contribution in [0, 0.1) is 24.1 Å². The number of rotatable bonds is 6. The molecule has 1 aromatic heterocycles. The Morgan fingerprint density at radius 3 is 2.55 bits per heavy atom. The van der Waals surface area contributed by atoms with Gasteiger partial charge in [-0.3, -0.25) is 9.59 Å². The lowest BCUT2D eigenvalue weighted by atomic mass is 10.1. The van der Waals surface area contributed by atoms with Gasteiger partial charge in [-0.25, -0.2) is 9.82 Å². The molecule has 0 atom stereocenters. The summed E-state index contributed by atoms with van der Waals surface area (Å²) in [5.74, 6) is -0.478. The van der Waals surface area contributed by atoms with Gasteiger partial charge in [0.2, 0.25) is 0 Å². The van der Waals surface area contributed by atoms with Gasteiger partial charge in [0, 0.05) is 5.56 Å². The molecule has 3 aromatic rings. The van der Waals surface area contributed by atoms with Gasteiger partial charge in [-0.05, 0) is 67.9 Å². The Labute approximate surface area is 177 Å². The van der Waals surface area contributed by atoms with Gasteiger partial charge < -0.3 is 4.74 Å². The van der Waals surface area contributed by atoms with Gasteiger partial charge >= 0.3 is 0 Å². The summed E-state index contributed by atoms with van der Waals surface area (Å²) in [4.78, 5) is 25.2. The van der Waals surface area contributed by atoms with Crippen LogP contribution in [0.4, 0.5) is 4.39 Å². The first-order valence-electron chi connectivity index (χ1n) is 9.30. The molecule has 0 unspecified atom stereocenters. The molecule has 0 saturated heterocycles. The lowest BCUT2D eigenvalue weighted by Gasteiger charge is -2.10. The smallest absolute Gasteiger partial charge is 0.292 e. The van der Waals surface area contributed by atoms with Gasteiger partial charge in [-0.2, -0.15) is 20.1 Å². The number of carbonyl (C=O) groups is 1. The van der Waals surface area contributed by atoms with E-state index in [-0.39, 0.29) is 22.5 Å². The molecule has 0 bridgehead atoms. The SMILES string of the molecule is CCOc1ccc(/C=N/NC(=O)c2nn(-c3ccc(F)cc3)c(=O)c(C#N)c2C)cc1. The van der Waals surface area contributed by atoms with Crippen LogP contribution in [0.5, 0.6) is 5.75 Å². The summed E-state index contributed by atoms with van der Waals surface area (Å²) in [6.45, 7) is 3.89. The molecule has 0 radical (unpaired) electrons. The predicted molar refractivity (Wildman–Crippen MR) is 112 cm³/mol. The van der Waals surface area contributed by atoms with Crippen molar-refractivity contribution in [2.24, 2.45) is 5.10 Å². The first kappa shape index (κ1) is 21.4. The zero-order chi connectivity index (χ0) is 22.4. The van der Waals surface area contributed by atoms with E-state index in [0.29, 0.717) is 6.61 Å². The fourth-order valence-corrected chi connectivity index (χ4v) is 2.74. The van der Waals surface area contributed by atoms with E-state index in [1.807, 2.05) is 6.92 Å². The third-order valence-corrected chi connectivity index (χ3v) is 4.31. The van der Waals surface area contributed by atoms with Gasteiger partial charge in [0.25, 0.3) is 11.5 Å². The topological polar surface area (TPSA) is 109 Å². The van der Waals surface area contributed by atoms with Crippen LogP contribution in [-0.2, 0) is 0 Å². The average molecular weight is 419 g/mol. The monoisotopic (exact) mass is 419 g/mol. The Hall–Kier alpha value is -4.32. The van der Waals surface area contributed by atoms with Crippen molar-refractivity contribution in [3.05, 3.63) is 87.1 Å². The zero-order valence-corrected chi connectivity index (χ0v) is 16.8. The van der Waals surface area contributed by atoms with Gasteiger partial charge in [0.15, 0.2) is 5.69 Å². The largest absolute Gasteiger partial charge is 0.494 e. The molecular formula is C22H18FN5O3. The predicted octanol–water partition coefficient (Wildman–Crippen LogP) is 2.71. The molecule has 8 nitrogen and oxygen atoms in total. The van der Waals surface area contributed by atoms with Gasteiger partial charge in [-0.15, -0.1) is 0 Å². The highest BCUT2D eigenvalue weighted by Gasteiger charge is 2.20. The number of hydrazone groups is 1. The maximum absolute atomic E-state index is 13.2. The number of halogens is 1. The van der Waals surface area contributed by atoms with E-state index in [0.717, 1.165) is 28.1 Å². The van der Waals surface area contributed by atoms with Crippen LogP contribution in [-0.4, -0.2) is 28.5 Å². The molecule has 3 rings (SSSR count). The van der Waals surface area contributed by atoms with Gasteiger partial charge in [0.1, 0.15) is 23.2 Å². The van der Waals surface area contributed by atoms with Crippen LogP contribution in [0.1, 0.15) is 34.1 Å². The number of nitrogens with one attached hydrogen (secondary N) is 1. The Morgan fingerprint density at radius 2 is 1.94 bits per heavy atom. The minimum Gasteiger partial charge on any atom is -0.494 e. The van der Waals surface area contributed by atoms with E-state index in [9.17, 15) is 19.2 Å². The van der Waals surface area contributed by atoms with Crippen molar-refractivity contribution in [1.29, 1.82) is 5.26 Å². The molecule has 1 amide bonds. The van der Waals surface area contributed by atoms with E-state index in [1.165, 1.54) is 25.3 Å². The van der Waals surface area contributed by atoms with Crippen molar-refractivity contribution in [1.82, 2.24) is 15.2 Å². The molecule has 0 aliphatic rings. The number of carbonyl (C=O) groups excluding carboxylic acids is 1. The zero-order valence-electron chi connectivity index (χ0n) is 16.8. The molecule has 1 N–H and O–H groups in total. The number of nitrogens with zero attached hydrogens (tertiary/aromatic N) is 4. The number of amides is 1. The summed E-state index contributed by atoms with van der Waals surface area (Å²) in [5, 5.41) is 17.4. The minimum atomic E-state index is -0.707. The lowest BCUT2D eigenvalue weighted by Crippen LogP contribution is -2.31. The first-order chi connectivity index (χ1) is 14.9. The van der Waals surface area contributed by atoms with Crippen LogP contribution in [0.2, 0.25) is 0 Å². The van der Waals surface area contributed by atoms with Crippen molar-refractivity contribution >= 4 is 12.1 Å². The molecule has 0 aliphatic carbocycles. The Balaban J connectivity index is 1.88. The molecule has 0 fully saturated rings. The molecule has 0 saturated carbocycles.